The third-order valence-corrected chi connectivity index (χ3v) is 4.54. The molecule has 0 aromatic heterocycles. The number of methoxy groups -OCH3 is 1. The molecule has 0 aliphatic heterocycles. The zero-order valence-corrected chi connectivity index (χ0v) is 12.4. The maximum Gasteiger partial charge on any atom is 0.118 e. The van der Waals surface area contributed by atoms with Crippen LogP contribution in [0.3, 0.4) is 0 Å². The largest absolute Gasteiger partial charge is 0.497 e. The molecule has 1 aromatic carbocycles. The van der Waals surface area contributed by atoms with Crippen molar-refractivity contribution in [2.45, 2.75) is 51.6 Å². The molecule has 0 amide bonds. The molecule has 0 saturated heterocycles. The SMILES string of the molecule is COc1ccc(CC(C)(O)C2CCCC(C)C2)cc1. The minimum atomic E-state index is -0.594. The van der Waals surface area contributed by atoms with Gasteiger partial charge in [0.25, 0.3) is 0 Å². The van der Waals surface area contributed by atoms with Crippen LogP contribution in [0.1, 0.15) is 45.1 Å². The van der Waals surface area contributed by atoms with E-state index in [1.807, 2.05) is 19.1 Å². The summed E-state index contributed by atoms with van der Waals surface area (Å²) in [5.74, 6) is 2.05. The molecule has 1 N–H and O–H groups in total. The fourth-order valence-corrected chi connectivity index (χ4v) is 3.30. The van der Waals surface area contributed by atoms with Gasteiger partial charge in [0.15, 0.2) is 0 Å². The maximum atomic E-state index is 10.8. The van der Waals surface area contributed by atoms with E-state index >= 15 is 0 Å². The molecule has 3 atom stereocenters. The molecule has 19 heavy (non-hydrogen) atoms. The summed E-state index contributed by atoms with van der Waals surface area (Å²) in [4.78, 5) is 0. The van der Waals surface area contributed by atoms with E-state index in [4.69, 9.17) is 4.74 Å². The molecule has 2 nitrogen and oxygen atoms in total. The van der Waals surface area contributed by atoms with Gasteiger partial charge in [-0.15, -0.1) is 0 Å². The van der Waals surface area contributed by atoms with Crippen LogP contribution in [0.5, 0.6) is 5.75 Å². The molecule has 1 aliphatic carbocycles. The van der Waals surface area contributed by atoms with E-state index in [-0.39, 0.29) is 0 Å². The molecule has 0 spiro atoms. The monoisotopic (exact) mass is 262 g/mol. The normalized spacial score (nSPS) is 26.7. The summed E-state index contributed by atoms with van der Waals surface area (Å²) >= 11 is 0. The van der Waals surface area contributed by atoms with Crippen molar-refractivity contribution < 1.29 is 9.84 Å². The predicted molar refractivity (Wildman–Crippen MR) is 78.4 cm³/mol. The predicted octanol–water partition coefficient (Wildman–Crippen LogP) is 3.82. The highest BCUT2D eigenvalue weighted by Crippen LogP contribution is 2.37. The number of aliphatic hydroxyl groups is 1. The molecular formula is C17H26O2. The fraction of sp³-hybridized carbons (Fsp3) is 0.647. The van der Waals surface area contributed by atoms with Crippen molar-refractivity contribution in [2.75, 3.05) is 7.11 Å². The molecule has 0 radical (unpaired) electrons. The molecule has 1 aromatic rings. The van der Waals surface area contributed by atoms with Crippen LogP contribution >= 0.6 is 0 Å². The van der Waals surface area contributed by atoms with Crippen molar-refractivity contribution in [1.29, 1.82) is 0 Å². The van der Waals surface area contributed by atoms with Gasteiger partial charge in [0.2, 0.25) is 0 Å². The highest BCUT2D eigenvalue weighted by Gasteiger charge is 2.34. The van der Waals surface area contributed by atoms with Gasteiger partial charge in [0.1, 0.15) is 5.75 Å². The summed E-state index contributed by atoms with van der Waals surface area (Å²) in [5.41, 5.74) is 0.590. The second-order valence-electron chi connectivity index (χ2n) is 6.35. The average Bonchev–Trinajstić information content (AvgIpc) is 2.39. The van der Waals surface area contributed by atoms with Gasteiger partial charge in [0.05, 0.1) is 12.7 Å². The van der Waals surface area contributed by atoms with Gasteiger partial charge in [-0.2, -0.15) is 0 Å². The van der Waals surface area contributed by atoms with E-state index in [9.17, 15) is 5.11 Å². The topological polar surface area (TPSA) is 29.5 Å². The van der Waals surface area contributed by atoms with E-state index < -0.39 is 5.60 Å². The molecule has 2 heteroatoms. The van der Waals surface area contributed by atoms with Gasteiger partial charge >= 0.3 is 0 Å². The van der Waals surface area contributed by atoms with Gasteiger partial charge in [-0.25, -0.2) is 0 Å². The van der Waals surface area contributed by atoms with Crippen molar-refractivity contribution in [2.24, 2.45) is 11.8 Å². The highest BCUT2D eigenvalue weighted by molar-refractivity contribution is 5.28. The summed E-state index contributed by atoms with van der Waals surface area (Å²) in [6.07, 6.45) is 5.62. The second kappa shape index (κ2) is 5.96. The third kappa shape index (κ3) is 3.73. The van der Waals surface area contributed by atoms with Crippen molar-refractivity contribution in [3.05, 3.63) is 29.8 Å². The molecule has 0 heterocycles. The molecule has 1 saturated carbocycles. The Balaban J connectivity index is 2.02. The number of hydrogen-bond donors (Lipinski definition) is 1. The van der Waals surface area contributed by atoms with E-state index in [1.165, 1.54) is 18.4 Å². The first-order valence-electron chi connectivity index (χ1n) is 7.36. The fourth-order valence-electron chi connectivity index (χ4n) is 3.30. The first-order chi connectivity index (χ1) is 9.01. The highest BCUT2D eigenvalue weighted by atomic mass is 16.5. The van der Waals surface area contributed by atoms with Gasteiger partial charge in [0, 0.05) is 6.42 Å². The van der Waals surface area contributed by atoms with Crippen LogP contribution in [0, 0.1) is 11.8 Å². The average molecular weight is 262 g/mol. The Bertz CT molecular complexity index is 394. The Morgan fingerprint density at radius 2 is 1.95 bits per heavy atom. The van der Waals surface area contributed by atoms with Crippen LogP contribution in [0.2, 0.25) is 0 Å². The Morgan fingerprint density at radius 3 is 2.53 bits per heavy atom. The first-order valence-corrected chi connectivity index (χ1v) is 7.36. The number of hydrogen-bond acceptors (Lipinski definition) is 2. The number of rotatable bonds is 4. The Labute approximate surface area is 116 Å². The molecule has 1 fully saturated rings. The standard InChI is InChI=1S/C17H26O2/c1-13-5-4-6-15(11-13)17(2,18)12-14-7-9-16(19-3)10-8-14/h7-10,13,15,18H,4-6,11-12H2,1-3H3. The summed E-state index contributed by atoms with van der Waals surface area (Å²) in [5, 5.41) is 10.8. The van der Waals surface area contributed by atoms with Crippen molar-refractivity contribution in [3.63, 3.8) is 0 Å². The van der Waals surface area contributed by atoms with Crippen LogP contribution < -0.4 is 4.74 Å². The van der Waals surface area contributed by atoms with E-state index in [2.05, 4.69) is 19.1 Å². The van der Waals surface area contributed by atoms with Crippen molar-refractivity contribution in [3.8, 4) is 5.75 Å². The van der Waals surface area contributed by atoms with Gasteiger partial charge in [-0.1, -0.05) is 31.9 Å². The lowest BCUT2D eigenvalue weighted by atomic mass is 9.72. The lowest BCUT2D eigenvalue weighted by Gasteiger charge is -2.38. The Morgan fingerprint density at radius 1 is 1.26 bits per heavy atom. The molecule has 3 unspecified atom stereocenters. The summed E-state index contributed by atoms with van der Waals surface area (Å²) in [7, 11) is 1.68. The van der Waals surface area contributed by atoms with Crippen LogP contribution in [0.4, 0.5) is 0 Å². The van der Waals surface area contributed by atoms with Crippen LogP contribution in [-0.2, 0) is 6.42 Å². The Kier molecular flexibility index (Phi) is 4.51. The molecule has 106 valence electrons. The van der Waals surface area contributed by atoms with Crippen molar-refractivity contribution in [1.82, 2.24) is 0 Å². The molecular weight excluding hydrogens is 236 g/mol. The third-order valence-electron chi connectivity index (χ3n) is 4.54. The molecule has 0 bridgehead atoms. The summed E-state index contributed by atoms with van der Waals surface area (Å²) in [6.45, 7) is 4.30. The lowest BCUT2D eigenvalue weighted by Crippen LogP contribution is -2.39. The summed E-state index contributed by atoms with van der Waals surface area (Å²) in [6, 6.07) is 8.04. The second-order valence-corrected chi connectivity index (χ2v) is 6.35. The van der Waals surface area contributed by atoms with Crippen molar-refractivity contribution >= 4 is 0 Å². The maximum absolute atomic E-state index is 10.8. The first kappa shape index (κ1) is 14.4. The van der Waals surface area contributed by atoms with Crippen LogP contribution in [0.25, 0.3) is 0 Å². The molecule has 1 aliphatic rings. The quantitative estimate of drug-likeness (QED) is 0.894. The minimum absolute atomic E-state index is 0.429. The van der Waals surface area contributed by atoms with E-state index in [0.29, 0.717) is 5.92 Å². The minimum Gasteiger partial charge on any atom is -0.497 e. The van der Waals surface area contributed by atoms with Crippen LogP contribution in [0.15, 0.2) is 24.3 Å². The van der Waals surface area contributed by atoms with E-state index in [1.54, 1.807) is 7.11 Å². The summed E-state index contributed by atoms with van der Waals surface area (Å²) < 4.78 is 5.17. The lowest BCUT2D eigenvalue weighted by molar-refractivity contribution is -0.0238. The number of benzene rings is 1. The van der Waals surface area contributed by atoms with Gasteiger partial charge < -0.3 is 9.84 Å². The number of ether oxygens (including phenoxy) is 1. The Hall–Kier alpha value is -1.02. The molecule has 2 rings (SSSR count). The van der Waals surface area contributed by atoms with Gasteiger partial charge in [-0.3, -0.25) is 0 Å². The van der Waals surface area contributed by atoms with Crippen LogP contribution in [-0.4, -0.2) is 17.8 Å². The smallest absolute Gasteiger partial charge is 0.118 e. The zero-order valence-electron chi connectivity index (χ0n) is 12.4. The zero-order chi connectivity index (χ0) is 13.9. The van der Waals surface area contributed by atoms with E-state index in [0.717, 1.165) is 30.9 Å². The van der Waals surface area contributed by atoms with Gasteiger partial charge in [-0.05, 0) is 49.3 Å².